The molecule has 1 N–H and O–H groups in total. The lowest BCUT2D eigenvalue weighted by atomic mass is 10.2. The molecule has 62 valence electrons. The zero-order valence-corrected chi connectivity index (χ0v) is 6.99. The first-order valence-corrected chi connectivity index (χ1v) is 4.10. The second-order valence-corrected chi connectivity index (χ2v) is 2.81. The molecule has 2 rings (SSSR count). The molecule has 1 aromatic heterocycles. The summed E-state index contributed by atoms with van der Waals surface area (Å²) in [5, 5.41) is 10.6. The molecule has 0 fully saturated rings. The first-order valence-electron chi connectivity index (χ1n) is 4.10. The highest BCUT2D eigenvalue weighted by Gasteiger charge is 2.03. The van der Waals surface area contributed by atoms with Gasteiger partial charge in [0.25, 0.3) is 0 Å². The lowest BCUT2D eigenvalue weighted by Crippen LogP contribution is -1.91. The van der Waals surface area contributed by atoms with E-state index in [1.54, 1.807) is 6.07 Å². The Morgan fingerprint density at radius 2 is 2.08 bits per heavy atom. The van der Waals surface area contributed by atoms with Crippen molar-refractivity contribution in [3.63, 3.8) is 0 Å². The summed E-state index contributed by atoms with van der Waals surface area (Å²) in [6, 6.07) is 9.76. The van der Waals surface area contributed by atoms with E-state index in [4.69, 9.17) is 0 Å². The molecule has 0 spiro atoms. The molecular formula is C10H11NO. The molecule has 2 nitrogen and oxygen atoms in total. The fourth-order valence-corrected chi connectivity index (χ4v) is 1.53. The van der Waals surface area contributed by atoms with Crippen molar-refractivity contribution in [1.82, 2.24) is 4.57 Å². The van der Waals surface area contributed by atoms with Crippen LogP contribution in [0.25, 0.3) is 10.9 Å². The van der Waals surface area contributed by atoms with Crippen LogP contribution in [0.2, 0.25) is 0 Å². The van der Waals surface area contributed by atoms with E-state index in [1.165, 1.54) is 0 Å². The van der Waals surface area contributed by atoms with E-state index in [-0.39, 0.29) is 0 Å². The SMILES string of the molecule is CCn1c(O)cc2ccccc21. The summed E-state index contributed by atoms with van der Waals surface area (Å²) in [6.45, 7) is 2.82. The van der Waals surface area contributed by atoms with E-state index in [0.29, 0.717) is 5.88 Å². The Morgan fingerprint density at radius 3 is 2.83 bits per heavy atom. The van der Waals surface area contributed by atoms with Gasteiger partial charge in [0.1, 0.15) is 0 Å². The number of hydrogen-bond acceptors (Lipinski definition) is 1. The van der Waals surface area contributed by atoms with Crippen LogP contribution in [0, 0.1) is 0 Å². The third kappa shape index (κ3) is 0.881. The number of aryl methyl sites for hydroxylation is 1. The average molecular weight is 161 g/mol. The maximum Gasteiger partial charge on any atom is 0.191 e. The Kier molecular flexibility index (Phi) is 1.54. The van der Waals surface area contributed by atoms with Crippen molar-refractivity contribution in [1.29, 1.82) is 0 Å². The van der Waals surface area contributed by atoms with E-state index < -0.39 is 0 Å². The minimum absolute atomic E-state index is 0.346. The average Bonchev–Trinajstić information content (AvgIpc) is 2.40. The predicted octanol–water partition coefficient (Wildman–Crippen LogP) is 2.37. The van der Waals surface area contributed by atoms with Gasteiger partial charge in [-0.05, 0) is 13.0 Å². The van der Waals surface area contributed by atoms with Crippen LogP contribution in [0.4, 0.5) is 0 Å². The number of nitrogens with zero attached hydrogens (tertiary/aromatic N) is 1. The third-order valence-electron chi connectivity index (χ3n) is 2.10. The molecule has 0 aliphatic heterocycles. The Balaban J connectivity index is 2.81. The van der Waals surface area contributed by atoms with E-state index in [2.05, 4.69) is 0 Å². The van der Waals surface area contributed by atoms with Gasteiger partial charge >= 0.3 is 0 Å². The second kappa shape index (κ2) is 2.55. The van der Waals surface area contributed by atoms with Crippen LogP contribution < -0.4 is 0 Å². The van der Waals surface area contributed by atoms with E-state index in [0.717, 1.165) is 17.4 Å². The first-order chi connectivity index (χ1) is 5.83. The smallest absolute Gasteiger partial charge is 0.191 e. The Labute approximate surface area is 71.1 Å². The molecule has 1 heterocycles. The van der Waals surface area contributed by atoms with Gasteiger partial charge < -0.3 is 9.67 Å². The molecule has 0 saturated carbocycles. The summed E-state index contributed by atoms with van der Waals surface area (Å²) >= 11 is 0. The molecule has 0 aliphatic carbocycles. The zero-order valence-electron chi connectivity index (χ0n) is 6.99. The Bertz CT molecular complexity index is 403. The van der Waals surface area contributed by atoms with Gasteiger partial charge in [-0.1, -0.05) is 18.2 Å². The quantitative estimate of drug-likeness (QED) is 0.682. The normalized spacial score (nSPS) is 10.8. The summed E-state index contributed by atoms with van der Waals surface area (Å²) in [7, 11) is 0. The monoisotopic (exact) mass is 161 g/mol. The zero-order chi connectivity index (χ0) is 8.55. The highest BCUT2D eigenvalue weighted by atomic mass is 16.3. The summed E-state index contributed by atoms with van der Waals surface area (Å²) in [6.07, 6.45) is 0. The summed E-state index contributed by atoms with van der Waals surface area (Å²) in [4.78, 5) is 0. The molecular weight excluding hydrogens is 150 g/mol. The standard InChI is InChI=1S/C10H11NO/c1-2-11-9-6-4-3-5-8(9)7-10(11)12/h3-7,12H,2H2,1H3. The highest BCUT2D eigenvalue weighted by molar-refractivity contribution is 5.82. The number of rotatable bonds is 1. The third-order valence-corrected chi connectivity index (χ3v) is 2.10. The number of aromatic nitrogens is 1. The molecule has 1 aromatic carbocycles. The van der Waals surface area contributed by atoms with Crippen LogP contribution in [-0.2, 0) is 6.54 Å². The molecule has 0 saturated heterocycles. The maximum absolute atomic E-state index is 9.50. The molecule has 0 radical (unpaired) electrons. The van der Waals surface area contributed by atoms with Crippen LogP contribution in [0.5, 0.6) is 5.88 Å². The number of para-hydroxylation sites is 1. The fraction of sp³-hybridized carbons (Fsp3) is 0.200. The topological polar surface area (TPSA) is 25.2 Å². The molecule has 0 bridgehead atoms. The van der Waals surface area contributed by atoms with Crippen molar-refractivity contribution in [2.75, 3.05) is 0 Å². The van der Waals surface area contributed by atoms with Crippen molar-refractivity contribution in [2.24, 2.45) is 0 Å². The Hall–Kier alpha value is -1.44. The molecule has 0 atom stereocenters. The van der Waals surface area contributed by atoms with E-state index >= 15 is 0 Å². The Morgan fingerprint density at radius 1 is 1.33 bits per heavy atom. The van der Waals surface area contributed by atoms with Gasteiger partial charge in [-0.2, -0.15) is 0 Å². The summed E-state index contributed by atoms with van der Waals surface area (Å²) in [5.74, 6) is 0.346. The lowest BCUT2D eigenvalue weighted by Gasteiger charge is -2.00. The molecule has 0 unspecified atom stereocenters. The van der Waals surface area contributed by atoms with Gasteiger partial charge in [0.05, 0.1) is 5.52 Å². The predicted molar refractivity (Wildman–Crippen MR) is 49.3 cm³/mol. The highest BCUT2D eigenvalue weighted by Crippen LogP contribution is 2.23. The first kappa shape index (κ1) is 7.22. The summed E-state index contributed by atoms with van der Waals surface area (Å²) in [5.41, 5.74) is 1.09. The van der Waals surface area contributed by atoms with Gasteiger partial charge in [0.15, 0.2) is 5.88 Å². The van der Waals surface area contributed by atoms with Crippen LogP contribution in [0.15, 0.2) is 30.3 Å². The van der Waals surface area contributed by atoms with Crippen LogP contribution in [0.1, 0.15) is 6.92 Å². The minimum atomic E-state index is 0.346. The van der Waals surface area contributed by atoms with Crippen molar-refractivity contribution in [3.8, 4) is 5.88 Å². The lowest BCUT2D eigenvalue weighted by molar-refractivity contribution is 0.425. The maximum atomic E-state index is 9.50. The van der Waals surface area contributed by atoms with Crippen molar-refractivity contribution in [2.45, 2.75) is 13.5 Å². The number of benzene rings is 1. The number of hydrogen-bond donors (Lipinski definition) is 1. The van der Waals surface area contributed by atoms with Gasteiger partial charge in [0.2, 0.25) is 0 Å². The van der Waals surface area contributed by atoms with Crippen LogP contribution in [0.3, 0.4) is 0 Å². The van der Waals surface area contributed by atoms with Gasteiger partial charge in [0, 0.05) is 18.0 Å². The second-order valence-electron chi connectivity index (χ2n) is 2.81. The molecule has 0 aliphatic rings. The van der Waals surface area contributed by atoms with Gasteiger partial charge in [-0.3, -0.25) is 0 Å². The molecule has 12 heavy (non-hydrogen) atoms. The number of fused-ring (bicyclic) bond motifs is 1. The van der Waals surface area contributed by atoms with Crippen molar-refractivity contribution in [3.05, 3.63) is 30.3 Å². The molecule has 2 aromatic rings. The van der Waals surface area contributed by atoms with Gasteiger partial charge in [-0.15, -0.1) is 0 Å². The van der Waals surface area contributed by atoms with Crippen molar-refractivity contribution < 1.29 is 5.11 Å². The minimum Gasteiger partial charge on any atom is -0.494 e. The van der Waals surface area contributed by atoms with E-state index in [9.17, 15) is 5.11 Å². The number of aromatic hydroxyl groups is 1. The van der Waals surface area contributed by atoms with Crippen molar-refractivity contribution >= 4 is 10.9 Å². The van der Waals surface area contributed by atoms with E-state index in [1.807, 2.05) is 35.8 Å². The molecule has 0 amide bonds. The largest absolute Gasteiger partial charge is 0.494 e. The fourth-order valence-electron chi connectivity index (χ4n) is 1.53. The molecule has 2 heteroatoms. The van der Waals surface area contributed by atoms with Crippen LogP contribution in [-0.4, -0.2) is 9.67 Å². The summed E-state index contributed by atoms with van der Waals surface area (Å²) < 4.78 is 1.88. The van der Waals surface area contributed by atoms with Gasteiger partial charge in [-0.25, -0.2) is 0 Å². The van der Waals surface area contributed by atoms with Crippen LogP contribution >= 0.6 is 0 Å².